The van der Waals surface area contributed by atoms with Crippen LogP contribution in [0.5, 0.6) is 5.75 Å². The smallest absolute Gasteiger partial charge is 0.305 e. The summed E-state index contributed by atoms with van der Waals surface area (Å²) < 4.78 is 5.10. The fourth-order valence-electron chi connectivity index (χ4n) is 1.89. The van der Waals surface area contributed by atoms with Crippen LogP contribution in [-0.2, 0) is 4.79 Å². The average Bonchev–Trinajstić information content (AvgIpc) is 2.42. The summed E-state index contributed by atoms with van der Waals surface area (Å²) in [5, 5.41) is 8.77. The molecule has 1 amide bonds. The number of amides is 1. The highest BCUT2D eigenvalue weighted by molar-refractivity contribution is 5.94. The molecule has 0 fully saturated rings. The van der Waals surface area contributed by atoms with Crippen LogP contribution in [0, 0.1) is 5.92 Å². The lowest BCUT2D eigenvalue weighted by atomic mass is 10.1. The van der Waals surface area contributed by atoms with Gasteiger partial charge in [-0.15, -0.1) is 0 Å². The molecule has 1 N–H and O–H groups in total. The summed E-state index contributed by atoms with van der Waals surface area (Å²) in [6.07, 6.45) is -0.0531. The number of hydrogen-bond acceptors (Lipinski definition) is 3. The second-order valence-electron chi connectivity index (χ2n) is 5.02. The summed E-state index contributed by atoms with van der Waals surface area (Å²) in [6.45, 7) is 4.73. The standard InChI is InChI=1S/C15H21NO4/c1-11(2)10-16(8-7-14(17)18)15(19)12-5-4-6-13(9-12)20-3/h4-6,9,11H,7-8,10H2,1-3H3,(H,17,18). The van der Waals surface area contributed by atoms with Crippen LogP contribution in [0.4, 0.5) is 0 Å². The van der Waals surface area contributed by atoms with Gasteiger partial charge in [-0.3, -0.25) is 9.59 Å². The molecule has 0 aromatic heterocycles. The number of ether oxygens (including phenoxy) is 1. The molecule has 0 unspecified atom stereocenters. The molecule has 0 heterocycles. The lowest BCUT2D eigenvalue weighted by molar-refractivity contribution is -0.137. The molecule has 0 radical (unpaired) electrons. The van der Waals surface area contributed by atoms with Gasteiger partial charge in [-0.05, 0) is 24.1 Å². The number of methoxy groups -OCH3 is 1. The predicted octanol–water partition coefficient (Wildman–Crippen LogP) is 2.27. The molecule has 0 atom stereocenters. The first-order valence-corrected chi connectivity index (χ1v) is 6.59. The molecule has 5 heteroatoms. The Morgan fingerprint density at radius 3 is 2.60 bits per heavy atom. The minimum absolute atomic E-state index is 0.0531. The summed E-state index contributed by atoms with van der Waals surface area (Å²) in [5.41, 5.74) is 0.510. The van der Waals surface area contributed by atoms with E-state index in [9.17, 15) is 9.59 Å². The molecular formula is C15H21NO4. The average molecular weight is 279 g/mol. The minimum Gasteiger partial charge on any atom is -0.497 e. The molecule has 0 saturated heterocycles. The molecule has 0 saturated carbocycles. The maximum Gasteiger partial charge on any atom is 0.305 e. The number of rotatable bonds is 7. The molecule has 1 aromatic carbocycles. The van der Waals surface area contributed by atoms with E-state index >= 15 is 0 Å². The van der Waals surface area contributed by atoms with E-state index in [2.05, 4.69) is 0 Å². The number of carboxylic acid groups (broad SMARTS) is 1. The SMILES string of the molecule is COc1cccc(C(=O)N(CCC(=O)O)CC(C)C)c1. The third kappa shape index (κ3) is 4.91. The molecule has 1 aromatic rings. The maximum atomic E-state index is 12.4. The summed E-state index contributed by atoms with van der Waals surface area (Å²) in [5.74, 6) is -0.187. The van der Waals surface area contributed by atoms with Gasteiger partial charge in [0.25, 0.3) is 5.91 Å². The lowest BCUT2D eigenvalue weighted by Crippen LogP contribution is -2.36. The Kier molecular flexibility index (Phi) is 6.03. The van der Waals surface area contributed by atoms with Gasteiger partial charge in [-0.2, -0.15) is 0 Å². The second-order valence-corrected chi connectivity index (χ2v) is 5.02. The van der Waals surface area contributed by atoms with Crippen LogP contribution in [-0.4, -0.2) is 42.1 Å². The number of aliphatic carboxylic acids is 1. The van der Waals surface area contributed by atoms with Crippen molar-refractivity contribution in [1.29, 1.82) is 0 Å². The quantitative estimate of drug-likeness (QED) is 0.831. The largest absolute Gasteiger partial charge is 0.497 e. The van der Waals surface area contributed by atoms with Crippen LogP contribution < -0.4 is 4.74 Å². The Bertz CT molecular complexity index is 471. The molecule has 20 heavy (non-hydrogen) atoms. The van der Waals surface area contributed by atoms with Gasteiger partial charge in [0, 0.05) is 18.7 Å². The summed E-state index contributed by atoms with van der Waals surface area (Å²) in [6, 6.07) is 6.88. The molecule has 5 nitrogen and oxygen atoms in total. The van der Waals surface area contributed by atoms with E-state index < -0.39 is 5.97 Å². The van der Waals surface area contributed by atoms with Crippen molar-refractivity contribution in [3.05, 3.63) is 29.8 Å². The highest BCUT2D eigenvalue weighted by atomic mass is 16.5. The van der Waals surface area contributed by atoms with Crippen molar-refractivity contribution in [3.63, 3.8) is 0 Å². The molecule has 1 rings (SSSR count). The van der Waals surface area contributed by atoms with E-state index in [-0.39, 0.29) is 24.8 Å². The van der Waals surface area contributed by atoms with Gasteiger partial charge in [0.15, 0.2) is 0 Å². The van der Waals surface area contributed by atoms with Crippen molar-refractivity contribution in [2.75, 3.05) is 20.2 Å². The molecule has 110 valence electrons. The van der Waals surface area contributed by atoms with Gasteiger partial charge in [0.2, 0.25) is 0 Å². The Hall–Kier alpha value is -2.04. The van der Waals surface area contributed by atoms with Crippen LogP contribution in [0.15, 0.2) is 24.3 Å². The van der Waals surface area contributed by atoms with Gasteiger partial charge in [0.1, 0.15) is 5.75 Å². The number of carbonyl (C=O) groups excluding carboxylic acids is 1. The third-order valence-electron chi connectivity index (χ3n) is 2.79. The van der Waals surface area contributed by atoms with Gasteiger partial charge in [-0.25, -0.2) is 0 Å². The summed E-state index contributed by atoms with van der Waals surface area (Å²) in [4.78, 5) is 24.7. The fraction of sp³-hybridized carbons (Fsp3) is 0.467. The number of carbonyl (C=O) groups is 2. The van der Waals surface area contributed by atoms with Crippen molar-refractivity contribution in [3.8, 4) is 5.75 Å². The van der Waals surface area contributed by atoms with Gasteiger partial charge < -0.3 is 14.7 Å². The topological polar surface area (TPSA) is 66.8 Å². The van der Waals surface area contributed by atoms with Crippen LogP contribution in [0.25, 0.3) is 0 Å². The van der Waals surface area contributed by atoms with Crippen LogP contribution >= 0.6 is 0 Å². The van der Waals surface area contributed by atoms with Crippen molar-refractivity contribution in [2.45, 2.75) is 20.3 Å². The van der Waals surface area contributed by atoms with Gasteiger partial charge in [-0.1, -0.05) is 19.9 Å². The Morgan fingerprint density at radius 2 is 2.05 bits per heavy atom. The van der Waals surface area contributed by atoms with E-state index in [4.69, 9.17) is 9.84 Å². The van der Waals surface area contributed by atoms with Crippen LogP contribution in [0.3, 0.4) is 0 Å². The molecule has 0 aliphatic rings. The predicted molar refractivity (Wildman–Crippen MR) is 76.0 cm³/mol. The Labute approximate surface area is 119 Å². The lowest BCUT2D eigenvalue weighted by Gasteiger charge is -2.24. The normalized spacial score (nSPS) is 10.4. The molecular weight excluding hydrogens is 258 g/mol. The van der Waals surface area contributed by atoms with E-state index in [1.807, 2.05) is 13.8 Å². The number of carboxylic acids is 1. The first-order chi connectivity index (χ1) is 9.43. The minimum atomic E-state index is -0.905. The zero-order valence-corrected chi connectivity index (χ0v) is 12.1. The van der Waals surface area contributed by atoms with Crippen molar-refractivity contribution >= 4 is 11.9 Å². The van der Waals surface area contributed by atoms with Gasteiger partial charge in [0.05, 0.1) is 13.5 Å². The van der Waals surface area contributed by atoms with E-state index in [1.54, 1.807) is 36.3 Å². The highest BCUT2D eigenvalue weighted by Crippen LogP contribution is 2.15. The number of nitrogens with zero attached hydrogens (tertiary/aromatic N) is 1. The van der Waals surface area contributed by atoms with Crippen molar-refractivity contribution in [2.24, 2.45) is 5.92 Å². The zero-order valence-electron chi connectivity index (χ0n) is 12.1. The molecule has 0 aliphatic heterocycles. The van der Waals surface area contributed by atoms with E-state index in [1.165, 1.54) is 0 Å². The van der Waals surface area contributed by atoms with Crippen molar-refractivity contribution < 1.29 is 19.4 Å². The van der Waals surface area contributed by atoms with E-state index in [0.29, 0.717) is 17.9 Å². The van der Waals surface area contributed by atoms with Gasteiger partial charge >= 0.3 is 5.97 Å². The highest BCUT2D eigenvalue weighted by Gasteiger charge is 2.18. The first kappa shape index (κ1) is 16.0. The Balaban J connectivity index is 2.87. The van der Waals surface area contributed by atoms with E-state index in [0.717, 1.165) is 0 Å². The summed E-state index contributed by atoms with van der Waals surface area (Å²) >= 11 is 0. The monoisotopic (exact) mass is 279 g/mol. The zero-order chi connectivity index (χ0) is 15.1. The summed E-state index contributed by atoms with van der Waals surface area (Å²) in [7, 11) is 1.54. The van der Waals surface area contributed by atoms with Crippen LogP contribution in [0.1, 0.15) is 30.6 Å². The van der Waals surface area contributed by atoms with Crippen molar-refractivity contribution in [1.82, 2.24) is 4.90 Å². The van der Waals surface area contributed by atoms with Crippen LogP contribution in [0.2, 0.25) is 0 Å². The maximum absolute atomic E-state index is 12.4. The molecule has 0 aliphatic carbocycles. The fourth-order valence-corrected chi connectivity index (χ4v) is 1.89. The number of hydrogen-bond donors (Lipinski definition) is 1. The Morgan fingerprint density at radius 1 is 1.35 bits per heavy atom. The third-order valence-corrected chi connectivity index (χ3v) is 2.79. The second kappa shape index (κ2) is 7.53. The number of benzene rings is 1. The molecule has 0 bridgehead atoms. The first-order valence-electron chi connectivity index (χ1n) is 6.59. The molecule has 0 spiro atoms.